The average molecular weight is 258 g/mol. The Morgan fingerprint density at radius 2 is 1.88 bits per heavy atom. The van der Waals surface area contributed by atoms with Crippen LogP contribution in [0.2, 0.25) is 0 Å². The van der Waals surface area contributed by atoms with Crippen LogP contribution in [0.5, 0.6) is 0 Å². The molecule has 8 nitrogen and oxygen atoms in total. The smallest absolute Gasteiger partial charge is 0.317 e. The highest BCUT2D eigenvalue weighted by Gasteiger charge is 2.08. The third-order valence-corrected chi connectivity index (χ3v) is 1.70. The summed E-state index contributed by atoms with van der Waals surface area (Å²) in [5.74, 6) is -0.968. The number of carboxylic acid groups (broad SMARTS) is 1. The van der Waals surface area contributed by atoms with E-state index >= 15 is 0 Å². The Morgan fingerprint density at radius 1 is 1.50 bits per heavy atom. The van der Waals surface area contributed by atoms with Gasteiger partial charge in [-0.15, -0.1) is 0 Å². The number of phosphoric ester groups is 1. The minimum atomic E-state index is -4.51. The van der Waals surface area contributed by atoms with E-state index in [0.717, 1.165) is 0 Å². The SMILES string of the molecule is C[N+](C)(C)CCOP(=O)([O-])O.NCC(=O)O. The topological polar surface area (TPSA) is 133 Å². The third-order valence-electron chi connectivity index (χ3n) is 1.19. The zero-order valence-electron chi connectivity index (χ0n) is 9.62. The minimum Gasteiger partial charge on any atom is -0.756 e. The molecule has 0 radical (unpaired) electrons. The van der Waals surface area contributed by atoms with E-state index in [2.05, 4.69) is 10.3 Å². The second-order valence-electron chi connectivity index (χ2n) is 3.91. The minimum absolute atomic E-state index is 0.0147. The molecule has 0 aliphatic carbocycles. The fourth-order valence-electron chi connectivity index (χ4n) is 0.430. The fraction of sp³-hybridized carbons (Fsp3) is 0.857. The van der Waals surface area contributed by atoms with Gasteiger partial charge >= 0.3 is 5.97 Å². The van der Waals surface area contributed by atoms with Crippen molar-refractivity contribution in [1.29, 1.82) is 0 Å². The number of hydrogen-bond acceptors (Lipinski definition) is 5. The van der Waals surface area contributed by atoms with Crippen molar-refractivity contribution in [3.8, 4) is 0 Å². The van der Waals surface area contributed by atoms with Gasteiger partial charge in [0.05, 0.1) is 27.7 Å². The molecule has 0 saturated heterocycles. The van der Waals surface area contributed by atoms with Gasteiger partial charge in [-0.25, -0.2) is 0 Å². The Kier molecular flexibility index (Phi) is 8.63. The first kappa shape index (κ1) is 17.9. The van der Waals surface area contributed by atoms with Gasteiger partial charge in [-0.3, -0.25) is 9.36 Å². The number of phosphoric acid groups is 1. The standard InChI is InChI=1S/C5H14NO4P.C2H5NO2/c1-6(2,3)4-5-10-11(7,8)9;3-1-2(4)5/h4-5H2,1-3H3,(H-,7,8,9);1,3H2,(H,4,5). The summed E-state index contributed by atoms with van der Waals surface area (Å²) in [6.45, 7) is 0.271. The van der Waals surface area contributed by atoms with Crippen molar-refractivity contribution in [3.05, 3.63) is 0 Å². The van der Waals surface area contributed by atoms with Crippen molar-refractivity contribution in [2.45, 2.75) is 0 Å². The van der Waals surface area contributed by atoms with E-state index in [1.165, 1.54) is 0 Å². The van der Waals surface area contributed by atoms with Crippen molar-refractivity contribution >= 4 is 13.8 Å². The molecule has 16 heavy (non-hydrogen) atoms. The van der Waals surface area contributed by atoms with Gasteiger partial charge in [-0.1, -0.05) is 0 Å². The summed E-state index contributed by atoms with van der Waals surface area (Å²) < 4.78 is 14.8. The third kappa shape index (κ3) is 23.4. The first-order valence-electron chi connectivity index (χ1n) is 4.38. The lowest BCUT2D eigenvalue weighted by molar-refractivity contribution is -0.870. The maximum absolute atomic E-state index is 10.1. The van der Waals surface area contributed by atoms with E-state index in [1.54, 1.807) is 0 Å². The molecule has 1 atom stereocenters. The van der Waals surface area contributed by atoms with E-state index in [9.17, 15) is 14.3 Å². The van der Waals surface area contributed by atoms with E-state index in [1.807, 2.05) is 21.1 Å². The van der Waals surface area contributed by atoms with Gasteiger partial charge in [0.25, 0.3) is 7.82 Å². The molecule has 9 heteroatoms. The zero-order chi connectivity index (χ0) is 13.4. The van der Waals surface area contributed by atoms with E-state index in [4.69, 9.17) is 10.00 Å². The van der Waals surface area contributed by atoms with Crippen LogP contribution in [-0.4, -0.2) is 61.3 Å². The number of quaternary nitrogens is 1. The first-order chi connectivity index (χ1) is 6.98. The lowest BCUT2D eigenvalue weighted by atomic mass is 10.5. The lowest BCUT2D eigenvalue weighted by Crippen LogP contribution is -2.37. The average Bonchev–Trinajstić information content (AvgIpc) is 2.00. The normalized spacial score (nSPS) is 14.6. The lowest BCUT2D eigenvalue weighted by Gasteiger charge is -2.25. The summed E-state index contributed by atoms with van der Waals surface area (Å²) >= 11 is 0. The second-order valence-corrected chi connectivity index (χ2v) is 5.11. The summed E-state index contributed by atoms with van der Waals surface area (Å²) in [5.41, 5.74) is 4.57. The molecule has 0 amide bonds. The zero-order valence-corrected chi connectivity index (χ0v) is 10.5. The molecule has 0 spiro atoms. The van der Waals surface area contributed by atoms with Gasteiger partial charge in [-0.2, -0.15) is 0 Å². The second kappa shape index (κ2) is 7.72. The number of nitrogens with two attached hydrogens (primary N) is 1. The quantitative estimate of drug-likeness (QED) is 0.391. The summed E-state index contributed by atoms with van der Waals surface area (Å²) in [7, 11) is 1.19. The molecular weight excluding hydrogens is 239 g/mol. The van der Waals surface area contributed by atoms with Crippen LogP contribution in [0.15, 0.2) is 0 Å². The molecule has 0 bridgehead atoms. The summed E-state index contributed by atoms with van der Waals surface area (Å²) in [4.78, 5) is 27.5. The molecule has 0 heterocycles. The number of nitrogens with zero attached hydrogens (tertiary/aromatic N) is 1. The molecule has 4 N–H and O–H groups in total. The van der Waals surface area contributed by atoms with Gasteiger partial charge in [-0.05, 0) is 0 Å². The monoisotopic (exact) mass is 258 g/mol. The van der Waals surface area contributed by atoms with Gasteiger partial charge in [0.15, 0.2) is 0 Å². The van der Waals surface area contributed by atoms with Crippen LogP contribution < -0.4 is 10.6 Å². The van der Waals surface area contributed by atoms with Crippen LogP contribution in [0, 0.1) is 0 Å². The van der Waals surface area contributed by atoms with Crippen LogP contribution in [0.25, 0.3) is 0 Å². The fourth-order valence-corrected chi connectivity index (χ4v) is 0.742. The van der Waals surface area contributed by atoms with E-state index in [-0.39, 0.29) is 13.2 Å². The summed E-state index contributed by atoms with van der Waals surface area (Å²) in [5, 5.41) is 7.60. The van der Waals surface area contributed by atoms with Crippen molar-refractivity contribution in [2.24, 2.45) is 5.73 Å². The molecule has 1 unspecified atom stereocenters. The van der Waals surface area contributed by atoms with E-state index in [0.29, 0.717) is 11.0 Å². The molecule has 0 aromatic rings. The number of carbonyl (C=O) groups is 1. The van der Waals surface area contributed by atoms with Crippen molar-refractivity contribution in [2.75, 3.05) is 40.8 Å². The molecule has 0 aliphatic rings. The van der Waals surface area contributed by atoms with Gasteiger partial charge in [0.1, 0.15) is 13.2 Å². The van der Waals surface area contributed by atoms with Crippen LogP contribution in [-0.2, 0) is 13.9 Å². The molecule has 98 valence electrons. The first-order valence-corrected chi connectivity index (χ1v) is 5.88. The van der Waals surface area contributed by atoms with Crippen LogP contribution in [0.4, 0.5) is 0 Å². The predicted molar refractivity (Wildman–Crippen MR) is 55.4 cm³/mol. The maximum atomic E-state index is 10.1. The largest absolute Gasteiger partial charge is 0.756 e. The maximum Gasteiger partial charge on any atom is 0.317 e. The Bertz CT molecular complexity index is 246. The Labute approximate surface area is 94.5 Å². The Hall–Kier alpha value is -0.500. The molecular formula is C7H19N2O6P. The Balaban J connectivity index is 0. The summed E-state index contributed by atoms with van der Waals surface area (Å²) in [6.07, 6.45) is 0. The van der Waals surface area contributed by atoms with Gasteiger partial charge in [0, 0.05) is 0 Å². The van der Waals surface area contributed by atoms with Crippen molar-refractivity contribution in [3.63, 3.8) is 0 Å². The molecule has 0 aromatic heterocycles. The molecule has 0 fully saturated rings. The number of hydrogen-bond donors (Lipinski definition) is 3. The Morgan fingerprint density at radius 3 is 2.06 bits per heavy atom. The molecule has 0 rings (SSSR count). The molecule has 0 saturated carbocycles. The van der Waals surface area contributed by atoms with Crippen LogP contribution >= 0.6 is 7.82 Å². The van der Waals surface area contributed by atoms with Gasteiger partial charge in [0.2, 0.25) is 0 Å². The number of carboxylic acids is 1. The van der Waals surface area contributed by atoms with Crippen molar-refractivity contribution < 1.29 is 33.3 Å². The van der Waals surface area contributed by atoms with Crippen molar-refractivity contribution in [1.82, 2.24) is 0 Å². The predicted octanol–water partition coefficient (Wildman–Crippen LogP) is -1.80. The highest BCUT2D eigenvalue weighted by Crippen LogP contribution is 2.29. The van der Waals surface area contributed by atoms with Crippen LogP contribution in [0.1, 0.15) is 0 Å². The number of rotatable bonds is 5. The van der Waals surface area contributed by atoms with Gasteiger partial charge < -0.3 is 29.6 Å². The summed E-state index contributed by atoms with van der Waals surface area (Å²) in [6, 6.07) is 0. The highest BCUT2D eigenvalue weighted by atomic mass is 31.2. The molecule has 0 aromatic carbocycles. The van der Waals surface area contributed by atoms with Crippen LogP contribution in [0.3, 0.4) is 0 Å². The number of aliphatic carboxylic acids is 1. The van der Waals surface area contributed by atoms with E-state index < -0.39 is 13.8 Å². The number of likely N-dealkylation sites (N-methyl/N-ethyl adjacent to an activating group) is 1. The molecule has 0 aliphatic heterocycles. The highest BCUT2D eigenvalue weighted by molar-refractivity contribution is 7.44.